The molecule has 0 aliphatic heterocycles. The van der Waals surface area contributed by atoms with Gasteiger partial charge in [0.1, 0.15) is 6.04 Å². The summed E-state index contributed by atoms with van der Waals surface area (Å²) >= 11 is 6.32. The third-order valence-corrected chi connectivity index (χ3v) is 7.42. The molecule has 0 heterocycles. The molecule has 0 saturated carbocycles. The summed E-state index contributed by atoms with van der Waals surface area (Å²) in [6, 6.07) is 9.11. The Kier molecular flexibility index (Phi) is 11.8. The van der Waals surface area contributed by atoms with E-state index < -0.39 is 27.7 Å². The van der Waals surface area contributed by atoms with Crippen molar-refractivity contribution < 1.29 is 26.8 Å². The number of carbonyl (C=O) groups excluding carboxylic acids is 2. The Hall–Kier alpha value is -2.72. The molecule has 0 spiro atoms. The molecule has 2 aromatic rings. The van der Waals surface area contributed by atoms with Crippen molar-refractivity contribution in [3.05, 3.63) is 64.7 Å². The highest BCUT2D eigenvalue weighted by Crippen LogP contribution is 2.23. The van der Waals surface area contributed by atoms with E-state index >= 15 is 0 Å². The first kappa shape index (κ1) is 30.5. The van der Waals surface area contributed by atoms with Gasteiger partial charge in [-0.3, -0.25) is 13.9 Å². The van der Waals surface area contributed by atoms with Crippen LogP contribution in [-0.2, 0) is 26.2 Å². The van der Waals surface area contributed by atoms with Crippen LogP contribution in [0.1, 0.15) is 51.5 Å². The first-order chi connectivity index (χ1) is 17.5. The van der Waals surface area contributed by atoms with E-state index in [1.54, 1.807) is 24.3 Å². The zero-order valence-corrected chi connectivity index (χ0v) is 22.9. The van der Waals surface area contributed by atoms with Crippen LogP contribution in [0.2, 0.25) is 5.02 Å². The van der Waals surface area contributed by atoms with Crippen LogP contribution in [0.4, 0.5) is 14.5 Å². The average Bonchev–Trinajstić information content (AvgIpc) is 2.84. The number of amides is 2. The number of unbranched alkanes of at least 4 members (excludes halogenated alkanes) is 1. The molecule has 0 bridgehead atoms. The molecular weight excluding hydrogens is 524 g/mol. The highest BCUT2D eigenvalue weighted by Gasteiger charge is 2.29. The first-order valence-electron chi connectivity index (χ1n) is 12.2. The molecule has 2 rings (SSSR count). The van der Waals surface area contributed by atoms with Crippen LogP contribution in [0.3, 0.4) is 0 Å². The van der Waals surface area contributed by atoms with E-state index in [1.807, 2.05) is 13.8 Å². The summed E-state index contributed by atoms with van der Waals surface area (Å²) in [6.45, 7) is 4.30. The second-order valence-corrected chi connectivity index (χ2v) is 11.0. The Morgan fingerprint density at radius 2 is 1.76 bits per heavy atom. The zero-order valence-electron chi connectivity index (χ0n) is 21.3. The highest BCUT2D eigenvalue weighted by atomic mass is 35.5. The van der Waals surface area contributed by atoms with Gasteiger partial charge in [0.15, 0.2) is 11.6 Å². The van der Waals surface area contributed by atoms with Crippen LogP contribution < -0.4 is 9.62 Å². The van der Waals surface area contributed by atoms with Gasteiger partial charge in [-0.15, -0.1) is 0 Å². The molecular formula is C26H34ClF2N3O4S. The molecule has 0 aliphatic carbocycles. The summed E-state index contributed by atoms with van der Waals surface area (Å²) in [4.78, 5) is 27.8. The summed E-state index contributed by atoms with van der Waals surface area (Å²) in [5, 5.41) is 3.34. The molecule has 0 radical (unpaired) electrons. The number of carbonyl (C=O) groups is 2. The SMILES string of the molecule is CCCCNC(=O)C(CC)N(Cc1ccccc1Cl)C(=O)CCCN(c1ccc(F)c(F)c1)S(C)(=O)=O. The number of sulfonamides is 1. The molecule has 0 saturated heterocycles. The van der Waals surface area contributed by atoms with Crippen LogP contribution in [-0.4, -0.2) is 50.5 Å². The number of benzene rings is 2. The van der Waals surface area contributed by atoms with Gasteiger partial charge in [0.05, 0.1) is 11.9 Å². The van der Waals surface area contributed by atoms with Gasteiger partial charge in [0.25, 0.3) is 0 Å². The second-order valence-electron chi connectivity index (χ2n) is 8.72. The Balaban J connectivity index is 2.22. The lowest BCUT2D eigenvalue weighted by atomic mass is 10.1. The van der Waals surface area contributed by atoms with E-state index in [-0.39, 0.29) is 43.4 Å². The van der Waals surface area contributed by atoms with E-state index in [1.165, 1.54) is 11.0 Å². The smallest absolute Gasteiger partial charge is 0.242 e. The van der Waals surface area contributed by atoms with Crippen LogP contribution in [0.25, 0.3) is 0 Å². The topological polar surface area (TPSA) is 86.8 Å². The molecule has 2 amide bonds. The van der Waals surface area contributed by atoms with E-state index in [0.29, 0.717) is 23.6 Å². The van der Waals surface area contributed by atoms with Gasteiger partial charge in [-0.2, -0.15) is 0 Å². The predicted octanol–water partition coefficient (Wildman–Crippen LogP) is 4.89. The van der Waals surface area contributed by atoms with Gasteiger partial charge in [-0.1, -0.05) is 50.1 Å². The van der Waals surface area contributed by atoms with Crippen molar-refractivity contribution >= 4 is 39.1 Å². The normalized spacial score (nSPS) is 12.2. The maximum absolute atomic E-state index is 13.7. The molecule has 1 unspecified atom stereocenters. The zero-order chi connectivity index (χ0) is 27.6. The summed E-state index contributed by atoms with van der Waals surface area (Å²) in [7, 11) is -3.83. The fourth-order valence-corrected chi connectivity index (χ4v) is 5.03. The number of nitrogens with one attached hydrogen (secondary N) is 1. The van der Waals surface area contributed by atoms with Crippen molar-refractivity contribution in [1.29, 1.82) is 0 Å². The molecule has 37 heavy (non-hydrogen) atoms. The van der Waals surface area contributed by atoms with Crippen molar-refractivity contribution in [2.24, 2.45) is 0 Å². The molecule has 7 nitrogen and oxygen atoms in total. The van der Waals surface area contributed by atoms with Crippen LogP contribution in [0.5, 0.6) is 0 Å². The summed E-state index contributed by atoms with van der Waals surface area (Å²) in [5.74, 6) is -2.88. The lowest BCUT2D eigenvalue weighted by molar-refractivity contribution is -0.141. The van der Waals surface area contributed by atoms with Crippen molar-refractivity contribution in [2.45, 2.75) is 58.5 Å². The van der Waals surface area contributed by atoms with E-state index in [4.69, 9.17) is 11.6 Å². The lowest BCUT2D eigenvalue weighted by Gasteiger charge is -2.31. The molecule has 0 aromatic heterocycles. The van der Waals surface area contributed by atoms with Gasteiger partial charge in [-0.25, -0.2) is 17.2 Å². The third-order valence-electron chi connectivity index (χ3n) is 5.86. The Morgan fingerprint density at radius 1 is 1.05 bits per heavy atom. The van der Waals surface area contributed by atoms with Gasteiger partial charge < -0.3 is 10.2 Å². The van der Waals surface area contributed by atoms with Gasteiger partial charge in [-0.05, 0) is 43.0 Å². The minimum atomic E-state index is -3.83. The monoisotopic (exact) mass is 557 g/mol. The van der Waals surface area contributed by atoms with E-state index in [9.17, 15) is 26.8 Å². The standard InChI is InChI=1S/C26H34ClF2N3O4S/c1-4-6-15-30-26(34)24(5-2)31(18-19-10-7-8-11-21(19)27)25(33)12-9-16-32(37(3,35)36)20-13-14-22(28)23(29)17-20/h7-8,10-11,13-14,17,24H,4-6,9,12,15-16,18H2,1-3H3,(H,30,34). The molecule has 0 aliphatic rings. The molecule has 204 valence electrons. The van der Waals surface area contributed by atoms with Gasteiger partial charge >= 0.3 is 0 Å². The van der Waals surface area contributed by atoms with E-state index in [2.05, 4.69) is 5.32 Å². The summed E-state index contributed by atoms with van der Waals surface area (Å²) in [5.41, 5.74) is 0.639. The Labute approximate surface area is 222 Å². The van der Waals surface area contributed by atoms with E-state index in [0.717, 1.165) is 35.5 Å². The van der Waals surface area contributed by atoms with Crippen LogP contribution >= 0.6 is 11.6 Å². The maximum Gasteiger partial charge on any atom is 0.242 e. The maximum atomic E-state index is 13.7. The van der Waals surface area contributed by atoms with Gasteiger partial charge in [0, 0.05) is 37.1 Å². The fourth-order valence-electron chi connectivity index (χ4n) is 3.88. The quantitative estimate of drug-likeness (QED) is 0.335. The van der Waals surface area contributed by atoms with Crippen LogP contribution in [0.15, 0.2) is 42.5 Å². The molecule has 0 fully saturated rings. The van der Waals surface area contributed by atoms with Crippen molar-refractivity contribution in [3.63, 3.8) is 0 Å². The second kappa shape index (κ2) is 14.3. The number of hydrogen-bond acceptors (Lipinski definition) is 4. The summed E-state index contributed by atoms with van der Waals surface area (Å²) in [6.07, 6.45) is 3.07. The fraction of sp³-hybridized carbons (Fsp3) is 0.462. The number of nitrogens with zero attached hydrogens (tertiary/aromatic N) is 2. The third kappa shape index (κ3) is 8.96. The summed E-state index contributed by atoms with van der Waals surface area (Å²) < 4.78 is 52.7. The largest absolute Gasteiger partial charge is 0.354 e. The van der Waals surface area contributed by atoms with Crippen LogP contribution in [0, 0.1) is 11.6 Å². The molecule has 2 aromatic carbocycles. The number of hydrogen-bond donors (Lipinski definition) is 1. The minimum Gasteiger partial charge on any atom is -0.354 e. The minimum absolute atomic E-state index is 0.0384. The number of halogens is 3. The van der Waals surface area contributed by atoms with Crippen molar-refractivity contribution in [1.82, 2.24) is 10.2 Å². The Bertz CT molecular complexity index is 1180. The van der Waals surface area contributed by atoms with Gasteiger partial charge in [0.2, 0.25) is 21.8 Å². The average molecular weight is 558 g/mol. The highest BCUT2D eigenvalue weighted by molar-refractivity contribution is 7.92. The predicted molar refractivity (Wildman–Crippen MR) is 142 cm³/mol. The Morgan fingerprint density at radius 3 is 2.35 bits per heavy atom. The molecule has 1 atom stereocenters. The molecule has 11 heteroatoms. The van der Waals surface area contributed by atoms with Crippen molar-refractivity contribution in [2.75, 3.05) is 23.7 Å². The first-order valence-corrected chi connectivity index (χ1v) is 14.5. The number of rotatable bonds is 14. The lowest BCUT2D eigenvalue weighted by Crippen LogP contribution is -2.49. The number of anilines is 1. The van der Waals surface area contributed by atoms with Crippen molar-refractivity contribution in [3.8, 4) is 0 Å². The molecule has 1 N–H and O–H groups in total.